The van der Waals surface area contributed by atoms with Gasteiger partial charge in [-0.05, 0) is 18.6 Å². The van der Waals surface area contributed by atoms with Gasteiger partial charge in [0.1, 0.15) is 11.6 Å². The average Bonchev–Trinajstić information content (AvgIpc) is 2.24. The Morgan fingerprint density at radius 3 is 2.47 bits per heavy atom. The van der Waals surface area contributed by atoms with E-state index in [1.807, 2.05) is 6.92 Å². The minimum atomic E-state index is -0.734. The summed E-state index contributed by atoms with van der Waals surface area (Å²) in [6.45, 7) is 1.99. The van der Waals surface area contributed by atoms with Crippen LogP contribution in [0.15, 0.2) is 18.2 Å². The van der Waals surface area contributed by atoms with Crippen LogP contribution >= 0.6 is 0 Å². The highest BCUT2D eigenvalue weighted by Crippen LogP contribution is 2.13. The van der Waals surface area contributed by atoms with Gasteiger partial charge in [-0.25, -0.2) is 8.78 Å². The van der Waals surface area contributed by atoms with Crippen LogP contribution < -0.4 is 11.1 Å². The molecule has 1 atom stereocenters. The molecule has 0 aliphatic carbocycles. The predicted molar refractivity (Wildman–Crippen MR) is 62.5 cm³/mol. The third-order valence-corrected chi connectivity index (χ3v) is 2.34. The SMILES string of the molecule is CCCC[C@H](N)C(=O)Nc1cc(F)cc(F)c1. The van der Waals surface area contributed by atoms with Crippen molar-refractivity contribution in [2.75, 3.05) is 5.32 Å². The summed E-state index contributed by atoms with van der Waals surface area (Å²) in [7, 11) is 0. The molecule has 3 nitrogen and oxygen atoms in total. The Morgan fingerprint density at radius 1 is 1.35 bits per heavy atom. The second-order valence-electron chi connectivity index (χ2n) is 3.90. The molecule has 3 N–H and O–H groups in total. The molecular weight excluding hydrogens is 226 g/mol. The summed E-state index contributed by atoms with van der Waals surface area (Å²) in [4.78, 5) is 11.6. The summed E-state index contributed by atoms with van der Waals surface area (Å²) < 4.78 is 25.7. The molecular formula is C12H16F2N2O. The number of unbranched alkanes of at least 4 members (excludes halogenated alkanes) is 1. The molecule has 0 heterocycles. The fourth-order valence-corrected chi connectivity index (χ4v) is 1.42. The fraction of sp³-hybridized carbons (Fsp3) is 0.417. The molecule has 0 bridgehead atoms. The third kappa shape index (κ3) is 4.48. The van der Waals surface area contributed by atoms with Gasteiger partial charge in [0.2, 0.25) is 5.91 Å². The molecule has 1 aromatic rings. The Kier molecular flexibility index (Phi) is 5.03. The molecule has 0 aromatic heterocycles. The first-order valence-electron chi connectivity index (χ1n) is 5.55. The zero-order valence-corrected chi connectivity index (χ0v) is 9.67. The number of nitrogens with one attached hydrogen (secondary N) is 1. The summed E-state index contributed by atoms with van der Waals surface area (Å²) in [6, 6.07) is 2.19. The van der Waals surface area contributed by atoms with Crippen molar-refractivity contribution in [1.29, 1.82) is 0 Å². The van der Waals surface area contributed by atoms with E-state index in [-0.39, 0.29) is 5.69 Å². The van der Waals surface area contributed by atoms with Crippen LogP contribution in [0.5, 0.6) is 0 Å². The van der Waals surface area contributed by atoms with Crippen molar-refractivity contribution in [2.45, 2.75) is 32.2 Å². The highest BCUT2D eigenvalue weighted by Gasteiger charge is 2.13. The van der Waals surface area contributed by atoms with Crippen molar-refractivity contribution in [2.24, 2.45) is 5.73 Å². The van der Waals surface area contributed by atoms with E-state index in [0.29, 0.717) is 6.42 Å². The number of hydrogen-bond acceptors (Lipinski definition) is 2. The van der Waals surface area contributed by atoms with Gasteiger partial charge in [0.15, 0.2) is 0 Å². The van der Waals surface area contributed by atoms with E-state index >= 15 is 0 Å². The largest absolute Gasteiger partial charge is 0.325 e. The Labute approximate surface area is 99.0 Å². The van der Waals surface area contributed by atoms with E-state index in [0.717, 1.165) is 31.0 Å². The van der Waals surface area contributed by atoms with Crippen LogP contribution in [0.2, 0.25) is 0 Å². The lowest BCUT2D eigenvalue weighted by Crippen LogP contribution is -2.35. The van der Waals surface area contributed by atoms with Gasteiger partial charge in [-0.1, -0.05) is 19.8 Å². The van der Waals surface area contributed by atoms with E-state index in [1.54, 1.807) is 0 Å². The van der Waals surface area contributed by atoms with Crippen LogP contribution in [0, 0.1) is 11.6 Å². The zero-order chi connectivity index (χ0) is 12.8. The van der Waals surface area contributed by atoms with Crippen molar-refractivity contribution in [3.63, 3.8) is 0 Å². The van der Waals surface area contributed by atoms with Crippen molar-refractivity contribution in [1.82, 2.24) is 0 Å². The van der Waals surface area contributed by atoms with Gasteiger partial charge in [-0.15, -0.1) is 0 Å². The summed E-state index contributed by atoms with van der Waals surface area (Å²) in [5.41, 5.74) is 5.71. The Hall–Kier alpha value is -1.49. The minimum absolute atomic E-state index is 0.0828. The number of anilines is 1. The number of nitrogens with two attached hydrogens (primary N) is 1. The highest BCUT2D eigenvalue weighted by molar-refractivity contribution is 5.94. The van der Waals surface area contributed by atoms with E-state index in [9.17, 15) is 13.6 Å². The predicted octanol–water partition coefficient (Wildman–Crippen LogP) is 2.42. The molecule has 0 saturated carbocycles. The van der Waals surface area contributed by atoms with Crippen LogP contribution in [-0.2, 0) is 4.79 Å². The van der Waals surface area contributed by atoms with Gasteiger partial charge < -0.3 is 11.1 Å². The molecule has 1 aromatic carbocycles. The Bertz CT molecular complexity index is 376. The first-order valence-corrected chi connectivity index (χ1v) is 5.55. The minimum Gasteiger partial charge on any atom is -0.325 e. The Morgan fingerprint density at radius 2 is 1.94 bits per heavy atom. The normalized spacial score (nSPS) is 12.2. The number of hydrogen-bond donors (Lipinski definition) is 2. The first-order chi connectivity index (χ1) is 8.02. The fourth-order valence-electron chi connectivity index (χ4n) is 1.42. The first kappa shape index (κ1) is 13.6. The van der Waals surface area contributed by atoms with Crippen LogP contribution in [0.3, 0.4) is 0 Å². The maximum atomic E-state index is 12.9. The van der Waals surface area contributed by atoms with Crippen LogP contribution in [0.25, 0.3) is 0 Å². The monoisotopic (exact) mass is 242 g/mol. The summed E-state index contributed by atoms with van der Waals surface area (Å²) in [5.74, 6) is -1.90. The van der Waals surface area contributed by atoms with E-state index in [2.05, 4.69) is 5.32 Å². The lowest BCUT2D eigenvalue weighted by Gasteiger charge is -2.11. The molecule has 0 radical (unpaired) electrons. The van der Waals surface area contributed by atoms with Crippen molar-refractivity contribution >= 4 is 11.6 Å². The van der Waals surface area contributed by atoms with E-state index < -0.39 is 23.6 Å². The number of benzene rings is 1. The van der Waals surface area contributed by atoms with Crippen LogP contribution in [-0.4, -0.2) is 11.9 Å². The molecule has 0 aliphatic heterocycles. The lowest BCUT2D eigenvalue weighted by molar-refractivity contribution is -0.117. The molecule has 0 saturated heterocycles. The lowest BCUT2D eigenvalue weighted by atomic mass is 10.1. The molecule has 0 aliphatic rings. The summed E-state index contributed by atoms with van der Waals surface area (Å²) >= 11 is 0. The average molecular weight is 242 g/mol. The third-order valence-electron chi connectivity index (χ3n) is 2.34. The van der Waals surface area contributed by atoms with Gasteiger partial charge in [0, 0.05) is 11.8 Å². The summed E-state index contributed by atoms with van der Waals surface area (Å²) in [5, 5.41) is 2.39. The quantitative estimate of drug-likeness (QED) is 0.833. The molecule has 1 amide bonds. The van der Waals surface area contributed by atoms with Gasteiger partial charge in [0.05, 0.1) is 6.04 Å². The van der Waals surface area contributed by atoms with Crippen molar-refractivity contribution in [3.05, 3.63) is 29.8 Å². The van der Waals surface area contributed by atoms with Gasteiger partial charge in [0.25, 0.3) is 0 Å². The number of amides is 1. The maximum absolute atomic E-state index is 12.9. The Balaban J connectivity index is 2.61. The maximum Gasteiger partial charge on any atom is 0.241 e. The zero-order valence-electron chi connectivity index (χ0n) is 9.67. The van der Waals surface area contributed by atoms with Gasteiger partial charge >= 0.3 is 0 Å². The van der Waals surface area contributed by atoms with Crippen LogP contribution in [0.4, 0.5) is 14.5 Å². The van der Waals surface area contributed by atoms with Crippen molar-refractivity contribution < 1.29 is 13.6 Å². The smallest absolute Gasteiger partial charge is 0.241 e. The highest BCUT2D eigenvalue weighted by atomic mass is 19.1. The molecule has 0 spiro atoms. The van der Waals surface area contributed by atoms with Gasteiger partial charge in [-0.2, -0.15) is 0 Å². The number of carbonyl (C=O) groups excluding carboxylic acids is 1. The second-order valence-corrected chi connectivity index (χ2v) is 3.90. The molecule has 0 fully saturated rings. The van der Waals surface area contributed by atoms with E-state index in [4.69, 9.17) is 5.73 Å². The van der Waals surface area contributed by atoms with Gasteiger partial charge in [-0.3, -0.25) is 4.79 Å². The molecule has 1 rings (SSSR count). The van der Waals surface area contributed by atoms with Crippen LogP contribution in [0.1, 0.15) is 26.2 Å². The number of carbonyl (C=O) groups is 1. The molecule has 17 heavy (non-hydrogen) atoms. The standard InChI is InChI=1S/C12H16F2N2O/c1-2-3-4-11(15)12(17)16-10-6-8(13)5-9(14)7-10/h5-7,11H,2-4,15H2,1H3,(H,16,17)/t11-/m0/s1. The number of halogens is 2. The second kappa shape index (κ2) is 6.30. The summed E-state index contributed by atoms with van der Waals surface area (Å²) in [6.07, 6.45) is 2.34. The van der Waals surface area contributed by atoms with E-state index in [1.165, 1.54) is 0 Å². The molecule has 5 heteroatoms. The molecule has 0 unspecified atom stereocenters. The van der Waals surface area contributed by atoms with Crippen molar-refractivity contribution in [3.8, 4) is 0 Å². The topological polar surface area (TPSA) is 55.1 Å². The number of rotatable bonds is 5. The molecule has 94 valence electrons.